The summed E-state index contributed by atoms with van der Waals surface area (Å²) in [6.45, 7) is 0. The lowest BCUT2D eigenvalue weighted by Crippen LogP contribution is -2.79. The molecule has 2 fully saturated rings. The molecule has 4 heterocycles. The zero-order chi connectivity index (χ0) is 59.1. The van der Waals surface area contributed by atoms with Crippen LogP contribution < -0.4 is 8.61 Å². The third kappa shape index (κ3) is 7.46. The van der Waals surface area contributed by atoms with Gasteiger partial charge in [0.15, 0.2) is 0 Å². The molecule has 2 saturated heterocycles. The summed E-state index contributed by atoms with van der Waals surface area (Å²) in [5.41, 5.74) is -27.0. The summed E-state index contributed by atoms with van der Waals surface area (Å²) in [6, 6.07) is 24.7. The van der Waals surface area contributed by atoms with Crippen molar-refractivity contribution >= 4 is 32.4 Å². The van der Waals surface area contributed by atoms with Gasteiger partial charge in [0.05, 0.1) is 10.5 Å². The van der Waals surface area contributed by atoms with Gasteiger partial charge in [0.25, 0.3) is 22.3 Å². The molecule has 4 nitrogen and oxygen atoms in total. The fourth-order valence-corrected chi connectivity index (χ4v) is 20.4. The number of benzene rings is 6. The summed E-state index contributed by atoms with van der Waals surface area (Å²) >= 11 is 0. The van der Waals surface area contributed by atoms with Crippen LogP contribution in [0.15, 0.2) is 180 Å². The van der Waals surface area contributed by atoms with E-state index in [1.807, 2.05) is 0 Å². The molecule has 0 N–H and O–H groups in total. The Hall–Kier alpha value is -6.14. The van der Waals surface area contributed by atoms with Gasteiger partial charge in [0, 0.05) is 32.3 Å². The summed E-state index contributed by atoms with van der Waals surface area (Å²) < 4.78 is 363. The molecule has 6 aromatic rings. The van der Waals surface area contributed by atoms with Gasteiger partial charge < -0.3 is 0 Å². The number of fused-ring (bicyclic) bond motifs is 4. The number of alkyl halides is 24. The molecule has 30 heteroatoms. The molecule has 2 unspecified atom stereocenters. The first-order valence-corrected chi connectivity index (χ1v) is 25.5. The Labute approximate surface area is 437 Å². The first-order valence-electron chi connectivity index (χ1n) is 22.4. The van der Waals surface area contributed by atoms with Crippen molar-refractivity contribution in [1.29, 1.82) is 0 Å². The minimum atomic E-state index is -6.32. The van der Waals surface area contributed by atoms with E-state index >= 15 is 0 Å². The van der Waals surface area contributed by atoms with Crippen LogP contribution in [-0.2, 0) is 19.6 Å². The van der Waals surface area contributed by atoms with Crippen molar-refractivity contribution in [2.75, 3.05) is 8.61 Å². The molecule has 4 atom stereocenters. The minimum Gasteiger partial charge on any atom is -0.285 e. The fourth-order valence-electron chi connectivity index (χ4n) is 10.9. The second kappa shape index (κ2) is 18.2. The van der Waals surface area contributed by atoms with Crippen molar-refractivity contribution in [1.82, 2.24) is 0 Å². The monoisotopic (exact) mass is 1210 g/mol. The number of halogens is 24. The highest BCUT2D eigenvalue weighted by atomic mass is 32.3. The molecule has 6 aromatic carbocycles. The van der Waals surface area contributed by atoms with Crippen molar-refractivity contribution in [3.05, 3.63) is 192 Å². The van der Waals surface area contributed by atoms with Crippen molar-refractivity contribution in [2.24, 2.45) is 0 Å². The van der Waals surface area contributed by atoms with Crippen LogP contribution in [-0.4, -0.2) is 60.5 Å². The number of para-hydroxylation sites is 2. The van der Waals surface area contributed by atoms with Crippen LogP contribution in [0.5, 0.6) is 0 Å². The van der Waals surface area contributed by atoms with Crippen molar-refractivity contribution in [3.63, 3.8) is 0 Å². The van der Waals surface area contributed by atoms with E-state index in [1.165, 1.54) is 24.3 Å². The zero-order valence-electron chi connectivity index (χ0n) is 38.9. The smallest absolute Gasteiger partial charge is 0.285 e. The van der Waals surface area contributed by atoms with Crippen molar-refractivity contribution in [2.45, 2.75) is 92.0 Å². The summed E-state index contributed by atoms with van der Waals surface area (Å²) in [5, 5.41) is -6.15. The Morgan fingerprint density at radius 3 is 0.750 bits per heavy atom. The Morgan fingerprint density at radius 2 is 0.512 bits per heavy atom. The van der Waals surface area contributed by atoms with Gasteiger partial charge in [0.1, 0.15) is 0 Å². The molecule has 0 radical (unpaired) electrons. The third-order valence-corrected chi connectivity index (χ3v) is 21.3. The second-order valence-corrected chi connectivity index (χ2v) is 23.2. The van der Waals surface area contributed by atoms with E-state index in [0.29, 0.717) is 24.3 Å². The Bertz CT molecular complexity index is 2860. The van der Waals surface area contributed by atoms with Gasteiger partial charge in [-0.3, -0.25) is 17.0 Å². The van der Waals surface area contributed by atoms with Crippen LogP contribution in [0.4, 0.5) is 117 Å². The van der Waals surface area contributed by atoms with E-state index in [0.717, 1.165) is 121 Å². The first-order chi connectivity index (χ1) is 36.8. The van der Waals surface area contributed by atoms with Crippen LogP contribution in [0.3, 0.4) is 0 Å². The number of rotatable bonds is 4. The minimum absolute atomic E-state index is 0.366. The van der Waals surface area contributed by atoms with Crippen LogP contribution in [0.2, 0.25) is 0 Å². The van der Waals surface area contributed by atoms with E-state index in [9.17, 15) is 105 Å². The van der Waals surface area contributed by atoms with Gasteiger partial charge in [-0.1, -0.05) is 133 Å². The van der Waals surface area contributed by atoms with Crippen LogP contribution in [0.1, 0.15) is 32.8 Å². The molecule has 0 bridgehead atoms. The van der Waals surface area contributed by atoms with E-state index in [1.54, 1.807) is 0 Å². The van der Waals surface area contributed by atoms with E-state index < -0.39 is 155 Å². The van der Waals surface area contributed by atoms with Crippen LogP contribution >= 0.6 is 21.0 Å². The van der Waals surface area contributed by atoms with Crippen LogP contribution in [0.25, 0.3) is 0 Å². The quantitative estimate of drug-likeness (QED) is 0.164. The number of nitrogens with zero attached hydrogens (tertiary/aromatic N) is 2. The lowest BCUT2D eigenvalue weighted by molar-refractivity contribution is -0.363. The number of hydrogen-bond acceptors (Lipinski definition) is 4. The highest BCUT2D eigenvalue weighted by Crippen LogP contribution is 2.94. The van der Waals surface area contributed by atoms with Gasteiger partial charge in [-0.25, -0.2) is 0 Å². The molecule has 80 heavy (non-hydrogen) atoms. The maximum atomic E-state index is 14.9. The summed E-state index contributed by atoms with van der Waals surface area (Å²) in [7, 11) is -9.81. The molecule has 432 valence electrons. The first kappa shape index (κ1) is 58.5. The SMILES string of the molecule is FC(F)(F)C1(C(F)(F)F)OS2(c3ccccc31)[C@@H](c1ccccc1)C(C(F)(F)F)(C(F)(F)F)N2c1ccccc1.FC(F)(F)C1(C(F)(F)F)OS2(c3ccccc31)[C@@H](c1ccccc1)C(C(F)(F)F)(C(F)(F)F)N2c1ccccc1. The van der Waals surface area contributed by atoms with Crippen molar-refractivity contribution in [3.8, 4) is 0 Å². The molecule has 0 saturated carbocycles. The standard InChI is InChI=1S/2C25H15F12NOS/c2*26-22(27,28)20(23(29,30)31)19(15-9-3-1-4-10-15)40(38(20)16-11-5-2-6-12-16)18-14-8-7-13-17(18)21(39-40,24(32,33)34)25(35,36)37/h2*1-14,19H/t2*19-/m00/s1. The highest BCUT2D eigenvalue weighted by Gasteiger charge is 2.95. The molecular formula is C50H30F24N2O2S2. The Morgan fingerprint density at radius 1 is 0.287 bits per heavy atom. The largest absolute Gasteiger partial charge is 0.432 e. The molecular weight excluding hydrogens is 1180 g/mol. The average Bonchev–Trinajstić information content (AvgIpc) is 3.05. The molecule has 0 aliphatic carbocycles. The lowest BCUT2D eigenvalue weighted by atomic mass is 9.86. The van der Waals surface area contributed by atoms with E-state index in [4.69, 9.17) is 8.37 Å². The molecule has 0 aromatic heterocycles. The molecule has 2 spiro atoms. The van der Waals surface area contributed by atoms with Gasteiger partial charge in [0.2, 0.25) is 0 Å². The van der Waals surface area contributed by atoms with Gasteiger partial charge in [-0.2, -0.15) is 105 Å². The zero-order valence-corrected chi connectivity index (χ0v) is 40.6. The maximum Gasteiger partial charge on any atom is 0.432 e. The second-order valence-electron chi connectivity index (χ2n) is 18.0. The summed E-state index contributed by atoms with van der Waals surface area (Å²) in [4.78, 5) is -2.10. The molecule has 4 aliphatic rings. The lowest BCUT2D eigenvalue weighted by Gasteiger charge is -2.72. The van der Waals surface area contributed by atoms with Crippen molar-refractivity contribution < 1.29 is 114 Å². The highest BCUT2D eigenvalue weighted by molar-refractivity contribution is 8.33. The van der Waals surface area contributed by atoms with E-state index in [2.05, 4.69) is 0 Å². The molecule has 4 aliphatic heterocycles. The fraction of sp³-hybridized carbons (Fsp3) is 0.280. The topological polar surface area (TPSA) is 24.9 Å². The number of hydrogen-bond donors (Lipinski definition) is 0. The predicted octanol–water partition coefficient (Wildman–Crippen LogP) is 18.3. The predicted molar refractivity (Wildman–Crippen MR) is 240 cm³/mol. The van der Waals surface area contributed by atoms with Gasteiger partial charge in [-0.15, -0.1) is 0 Å². The summed E-state index contributed by atoms with van der Waals surface area (Å²) in [6.07, 6.45) is -50.3. The number of anilines is 2. The third-order valence-electron chi connectivity index (χ3n) is 13.8. The van der Waals surface area contributed by atoms with Crippen LogP contribution in [0, 0.1) is 0 Å². The van der Waals surface area contributed by atoms with Gasteiger partial charge >= 0.3 is 49.4 Å². The summed E-state index contributed by atoms with van der Waals surface area (Å²) in [5.74, 6) is 0. The Kier molecular flexibility index (Phi) is 13.3. The Balaban J connectivity index is 0.000000194. The van der Waals surface area contributed by atoms with Gasteiger partial charge in [-0.05, 0) is 68.5 Å². The molecule has 0 amide bonds. The normalized spacial score (nSPS) is 25.7. The average molecular weight is 1210 g/mol. The molecule has 10 rings (SSSR count). The maximum absolute atomic E-state index is 14.9. The van der Waals surface area contributed by atoms with E-state index in [-0.39, 0.29) is 0 Å².